The standard InChI is InChI=1S/C29H27Cl2NO4/c1-29(2,3)23-22(26(33)20-16-19(30)14-15-21(20)31)24(17-10-6-4-7-11-17)32(25(23)28(35)36)27(34)18-12-8-5-9-13-18/h4-16,22-25H,1-3H3,(H,35,36). The molecule has 1 N–H and O–H groups in total. The van der Waals surface area contributed by atoms with Crippen LogP contribution in [0, 0.1) is 17.3 Å². The zero-order valence-corrected chi connectivity index (χ0v) is 21.7. The van der Waals surface area contributed by atoms with Crippen molar-refractivity contribution >= 4 is 40.9 Å². The van der Waals surface area contributed by atoms with Crippen LogP contribution in [-0.4, -0.2) is 33.7 Å². The van der Waals surface area contributed by atoms with Crippen molar-refractivity contribution in [2.75, 3.05) is 0 Å². The number of hydrogen-bond donors (Lipinski definition) is 1. The number of nitrogens with zero attached hydrogens (tertiary/aromatic N) is 1. The van der Waals surface area contributed by atoms with Crippen LogP contribution < -0.4 is 0 Å². The highest BCUT2D eigenvalue weighted by molar-refractivity contribution is 6.36. The van der Waals surface area contributed by atoms with Gasteiger partial charge in [0.1, 0.15) is 6.04 Å². The lowest BCUT2D eigenvalue weighted by molar-refractivity contribution is -0.144. The highest BCUT2D eigenvalue weighted by Gasteiger charge is 2.60. The van der Waals surface area contributed by atoms with E-state index in [9.17, 15) is 19.5 Å². The van der Waals surface area contributed by atoms with Gasteiger partial charge in [0, 0.05) is 22.1 Å². The number of likely N-dealkylation sites (tertiary alicyclic amines) is 1. The third-order valence-electron chi connectivity index (χ3n) is 6.81. The number of amides is 1. The number of halogens is 2. The Morgan fingerprint density at radius 1 is 0.861 bits per heavy atom. The number of carbonyl (C=O) groups is 3. The zero-order chi connectivity index (χ0) is 26.2. The van der Waals surface area contributed by atoms with Crippen molar-refractivity contribution in [3.8, 4) is 0 Å². The van der Waals surface area contributed by atoms with Gasteiger partial charge in [0.15, 0.2) is 5.78 Å². The van der Waals surface area contributed by atoms with Crippen molar-refractivity contribution in [2.45, 2.75) is 32.9 Å². The van der Waals surface area contributed by atoms with Crippen LogP contribution in [0.1, 0.15) is 53.1 Å². The lowest BCUT2D eigenvalue weighted by Crippen LogP contribution is -2.47. The first-order valence-electron chi connectivity index (χ1n) is 11.7. The summed E-state index contributed by atoms with van der Waals surface area (Å²) in [4.78, 5) is 42.4. The monoisotopic (exact) mass is 523 g/mol. The van der Waals surface area contributed by atoms with Gasteiger partial charge >= 0.3 is 5.97 Å². The Balaban J connectivity index is 2.00. The first-order chi connectivity index (χ1) is 17.0. The molecule has 0 bridgehead atoms. The number of rotatable bonds is 5. The molecule has 0 radical (unpaired) electrons. The Labute approximate surface area is 220 Å². The lowest BCUT2D eigenvalue weighted by atomic mass is 9.67. The highest BCUT2D eigenvalue weighted by Crippen LogP contribution is 2.53. The topological polar surface area (TPSA) is 74.7 Å². The molecule has 4 unspecified atom stereocenters. The average molecular weight is 524 g/mol. The fourth-order valence-electron chi connectivity index (χ4n) is 5.37. The molecule has 1 heterocycles. The molecule has 1 fully saturated rings. The summed E-state index contributed by atoms with van der Waals surface area (Å²) in [5.41, 5.74) is 0.595. The summed E-state index contributed by atoms with van der Waals surface area (Å²) in [6, 6.07) is 20.2. The molecule has 7 heteroatoms. The molecule has 4 atom stereocenters. The minimum atomic E-state index is -1.24. The van der Waals surface area contributed by atoms with Gasteiger partial charge in [-0.2, -0.15) is 0 Å². The molecule has 1 aliphatic rings. The van der Waals surface area contributed by atoms with Gasteiger partial charge in [-0.3, -0.25) is 9.59 Å². The molecule has 0 aromatic heterocycles. The fourth-order valence-corrected chi connectivity index (χ4v) is 5.75. The second-order valence-corrected chi connectivity index (χ2v) is 11.0. The van der Waals surface area contributed by atoms with E-state index >= 15 is 0 Å². The molecule has 1 amide bonds. The quantitative estimate of drug-likeness (QED) is 0.373. The third kappa shape index (κ3) is 4.78. The van der Waals surface area contributed by atoms with Crippen LogP contribution in [0.3, 0.4) is 0 Å². The van der Waals surface area contributed by atoms with Gasteiger partial charge in [0.2, 0.25) is 0 Å². The second-order valence-electron chi connectivity index (χ2n) is 10.1. The summed E-state index contributed by atoms with van der Waals surface area (Å²) >= 11 is 12.7. The van der Waals surface area contributed by atoms with Gasteiger partial charge < -0.3 is 10.0 Å². The van der Waals surface area contributed by atoms with Crippen molar-refractivity contribution in [3.63, 3.8) is 0 Å². The van der Waals surface area contributed by atoms with E-state index in [2.05, 4.69) is 0 Å². The molecule has 3 aromatic carbocycles. The number of hydrogen-bond acceptors (Lipinski definition) is 3. The van der Waals surface area contributed by atoms with Crippen molar-refractivity contribution in [1.82, 2.24) is 4.90 Å². The Kier molecular flexibility index (Phi) is 7.26. The Hall–Kier alpha value is -3.15. The molecule has 1 aliphatic heterocycles. The van der Waals surface area contributed by atoms with Crippen LogP contribution in [0.25, 0.3) is 0 Å². The van der Waals surface area contributed by atoms with Crippen LogP contribution in [0.4, 0.5) is 0 Å². The second kappa shape index (κ2) is 10.1. The van der Waals surface area contributed by atoms with Crippen LogP contribution in [0.5, 0.6) is 0 Å². The predicted octanol–water partition coefficient (Wildman–Crippen LogP) is 6.81. The van der Waals surface area contributed by atoms with Gasteiger partial charge in [-0.05, 0) is 41.3 Å². The molecule has 5 nitrogen and oxygen atoms in total. The molecular formula is C29H27Cl2NO4. The molecule has 3 aromatic rings. The Morgan fingerprint density at radius 3 is 2.00 bits per heavy atom. The van der Waals surface area contributed by atoms with E-state index in [0.29, 0.717) is 16.1 Å². The lowest BCUT2D eigenvalue weighted by Gasteiger charge is -2.34. The summed E-state index contributed by atoms with van der Waals surface area (Å²) in [6.45, 7) is 5.68. The predicted molar refractivity (Wildman–Crippen MR) is 140 cm³/mol. The smallest absolute Gasteiger partial charge is 0.326 e. The van der Waals surface area contributed by atoms with Crippen LogP contribution in [0.15, 0.2) is 78.9 Å². The Morgan fingerprint density at radius 2 is 1.44 bits per heavy atom. The minimum absolute atomic E-state index is 0.211. The highest BCUT2D eigenvalue weighted by atomic mass is 35.5. The third-order valence-corrected chi connectivity index (χ3v) is 7.38. The molecular weight excluding hydrogens is 497 g/mol. The van der Waals surface area contributed by atoms with Crippen LogP contribution in [-0.2, 0) is 4.79 Å². The van der Waals surface area contributed by atoms with E-state index in [1.165, 1.54) is 11.0 Å². The minimum Gasteiger partial charge on any atom is -0.480 e. The van der Waals surface area contributed by atoms with E-state index in [1.807, 2.05) is 51.1 Å². The van der Waals surface area contributed by atoms with E-state index in [1.54, 1.807) is 42.5 Å². The van der Waals surface area contributed by atoms with Crippen molar-refractivity contribution in [2.24, 2.45) is 17.3 Å². The number of ketones is 1. The number of carboxylic acid groups (broad SMARTS) is 1. The molecule has 36 heavy (non-hydrogen) atoms. The molecule has 0 aliphatic carbocycles. The van der Waals surface area contributed by atoms with E-state index in [4.69, 9.17) is 23.2 Å². The molecule has 4 rings (SSSR count). The normalized spacial score (nSPS) is 21.9. The van der Waals surface area contributed by atoms with Crippen molar-refractivity contribution < 1.29 is 19.5 Å². The zero-order valence-electron chi connectivity index (χ0n) is 20.2. The van der Waals surface area contributed by atoms with E-state index < -0.39 is 41.2 Å². The van der Waals surface area contributed by atoms with Gasteiger partial charge in [0.25, 0.3) is 5.91 Å². The number of Topliss-reactive ketones (excluding diaryl/α,β-unsaturated/α-hetero) is 1. The largest absolute Gasteiger partial charge is 0.480 e. The maximum Gasteiger partial charge on any atom is 0.326 e. The van der Waals surface area contributed by atoms with Gasteiger partial charge in [-0.15, -0.1) is 0 Å². The SMILES string of the molecule is CC(C)(C)C1C(C(=O)c2cc(Cl)ccc2Cl)C(c2ccccc2)N(C(=O)c2ccccc2)C1C(=O)O. The van der Waals surface area contributed by atoms with Gasteiger partial charge in [0.05, 0.1) is 17.0 Å². The fraction of sp³-hybridized carbons (Fsp3) is 0.276. The van der Waals surface area contributed by atoms with Crippen LogP contribution in [0.2, 0.25) is 10.0 Å². The number of aliphatic carboxylic acids is 1. The number of benzene rings is 3. The first-order valence-corrected chi connectivity index (χ1v) is 12.4. The Bertz CT molecular complexity index is 1290. The first kappa shape index (κ1) is 25.9. The summed E-state index contributed by atoms with van der Waals surface area (Å²) in [7, 11) is 0. The average Bonchev–Trinajstić information content (AvgIpc) is 3.23. The molecule has 0 spiro atoms. The van der Waals surface area contributed by atoms with E-state index in [-0.39, 0.29) is 16.4 Å². The molecule has 1 saturated heterocycles. The number of carboxylic acids is 1. The van der Waals surface area contributed by atoms with Crippen LogP contribution >= 0.6 is 23.2 Å². The maximum absolute atomic E-state index is 14.3. The maximum atomic E-state index is 14.3. The molecule has 186 valence electrons. The number of carbonyl (C=O) groups excluding carboxylic acids is 2. The van der Waals surface area contributed by atoms with Gasteiger partial charge in [-0.1, -0.05) is 92.5 Å². The summed E-state index contributed by atoms with van der Waals surface area (Å²) in [6.07, 6.45) is 0. The molecule has 0 saturated carbocycles. The summed E-state index contributed by atoms with van der Waals surface area (Å²) < 4.78 is 0. The van der Waals surface area contributed by atoms with E-state index in [0.717, 1.165) is 0 Å². The van der Waals surface area contributed by atoms with Gasteiger partial charge in [-0.25, -0.2) is 4.79 Å². The summed E-state index contributed by atoms with van der Waals surface area (Å²) in [5.74, 6) is -3.54. The van der Waals surface area contributed by atoms with Crippen molar-refractivity contribution in [3.05, 3.63) is 106 Å². The van der Waals surface area contributed by atoms with Crippen molar-refractivity contribution in [1.29, 1.82) is 0 Å². The summed E-state index contributed by atoms with van der Waals surface area (Å²) in [5, 5.41) is 11.1.